The molecule has 1 aliphatic heterocycles. The van der Waals surface area contributed by atoms with E-state index in [-0.39, 0.29) is 0 Å². The van der Waals surface area contributed by atoms with E-state index in [1.54, 1.807) is 26.0 Å². The molecule has 132 valence electrons. The summed E-state index contributed by atoms with van der Waals surface area (Å²) in [5.74, 6) is 3.41. The number of rotatable bonds is 5. The Bertz CT molecular complexity index is 942. The molecular formula is C21H19NO3S. The summed E-state index contributed by atoms with van der Waals surface area (Å²) in [6.07, 6.45) is 0. The van der Waals surface area contributed by atoms with Crippen LogP contribution in [0.1, 0.15) is 5.56 Å². The number of ether oxygens (including phenoxy) is 3. The normalized spacial score (nSPS) is 11.8. The third-order valence-corrected chi connectivity index (χ3v) is 5.32. The third kappa shape index (κ3) is 3.30. The van der Waals surface area contributed by atoms with Crippen LogP contribution in [0.15, 0.2) is 70.5 Å². The van der Waals surface area contributed by atoms with Gasteiger partial charge in [0.2, 0.25) is 0 Å². The summed E-state index contributed by atoms with van der Waals surface area (Å²) >= 11 is 1.73. The predicted octanol–water partition coefficient (Wildman–Crippen LogP) is 5.57. The van der Waals surface area contributed by atoms with Crippen molar-refractivity contribution in [2.45, 2.75) is 16.3 Å². The van der Waals surface area contributed by atoms with Gasteiger partial charge in [-0.3, -0.25) is 0 Å². The van der Waals surface area contributed by atoms with Crippen LogP contribution >= 0.6 is 11.8 Å². The summed E-state index contributed by atoms with van der Waals surface area (Å²) in [6, 6.07) is 20.0. The first kappa shape index (κ1) is 16.7. The zero-order chi connectivity index (χ0) is 17.9. The second-order valence-electron chi connectivity index (χ2n) is 5.84. The van der Waals surface area contributed by atoms with Crippen molar-refractivity contribution in [3.8, 4) is 23.0 Å². The molecule has 0 aromatic heterocycles. The summed E-state index contributed by atoms with van der Waals surface area (Å²) in [6.45, 7) is 0.628. The Hall–Kier alpha value is -2.79. The molecule has 1 aliphatic rings. The van der Waals surface area contributed by atoms with Crippen LogP contribution in [-0.4, -0.2) is 14.2 Å². The molecule has 0 amide bonds. The zero-order valence-corrected chi connectivity index (χ0v) is 15.4. The van der Waals surface area contributed by atoms with Gasteiger partial charge in [-0.15, -0.1) is 0 Å². The van der Waals surface area contributed by atoms with Crippen LogP contribution < -0.4 is 19.5 Å². The van der Waals surface area contributed by atoms with E-state index in [1.165, 1.54) is 0 Å². The van der Waals surface area contributed by atoms with Crippen molar-refractivity contribution in [3.05, 3.63) is 66.2 Å². The molecule has 1 heterocycles. The molecule has 0 spiro atoms. The maximum atomic E-state index is 6.05. The number of methoxy groups -OCH3 is 2. The monoisotopic (exact) mass is 365 g/mol. The van der Waals surface area contributed by atoms with Crippen molar-refractivity contribution in [2.75, 3.05) is 19.5 Å². The Labute approximate surface area is 157 Å². The molecule has 0 unspecified atom stereocenters. The molecule has 0 saturated carbocycles. The van der Waals surface area contributed by atoms with E-state index >= 15 is 0 Å². The molecule has 3 aromatic rings. The van der Waals surface area contributed by atoms with E-state index in [1.807, 2.05) is 42.5 Å². The highest BCUT2D eigenvalue weighted by atomic mass is 32.2. The molecule has 0 radical (unpaired) electrons. The molecule has 4 rings (SSSR count). The predicted molar refractivity (Wildman–Crippen MR) is 104 cm³/mol. The molecule has 4 nitrogen and oxygen atoms in total. The van der Waals surface area contributed by atoms with Gasteiger partial charge in [0.1, 0.15) is 23.0 Å². The summed E-state index contributed by atoms with van der Waals surface area (Å²) in [5.41, 5.74) is 2.03. The van der Waals surface area contributed by atoms with Crippen LogP contribution in [-0.2, 0) is 6.54 Å². The highest BCUT2D eigenvalue weighted by Gasteiger charge is 2.17. The lowest BCUT2D eigenvalue weighted by Crippen LogP contribution is -2.03. The Kier molecular flexibility index (Phi) is 4.63. The van der Waals surface area contributed by atoms with Crippen molar-refractivity contribution >= 4 is 17.4 Å². The Morgan fingerprint density at radius 1 is 0.885 bits per heavy atom. The van der Waals surface area contributed by atoms with Gasteiger partial charge in [0.15, 0.2) is 0 Å². The highest BCUT2D eigenvalue weighted by Crippen LogP contribution is 2.47. The Morgan fingerprint density at radius 3 is 2.58 bits per heavy atom. The Morgan fingerprint density at radius 2 is 1.73 bits per heavy atom. The van der Waals surface area contributed by atoms with Gasteiger partial charge in [0.05, 0.1) is 24.0 Å². The molecule has 0 atom stereocenters. The van der Waals surface area contributed by atoms with Gasteiger partial charge in [0.25, 0.3) is 0 Å². The van der Waals surface area contributed by atoms with Crippen LogP contribution in [0.4, 0.5) is 5.69 Å². The second kappa shape index (κ2) is 7.22. The molecule has 0 aliphatic carbocycles. The zero-order valence-electron chi connectivity index (χ0n) is 14.6. The van der Waals surface area contributed by atoms with Crippen molar-refractivity contribution in [2.24, 2.45) is 0 Å². The average Bonchev–Trinajstić information content (AvgIpc) is 2.70. The molecular weight excluding hydrogens is 346 g/mol. The molecule has 26 heavy (non-hydrogen) atoms. The van der Waals surface area contributed by atoms with Crippen molar-refractivity contribution < 1.29 is 14.2 Å². The molecule has 5 heteroatoms. The Balaban J connectivity index is 1.52. The maximum Gasteiger partial charge on any atom is 0.143 e. The van der Waals surface area contributed by atoms with Crippen LogP contribution in [0.5, 0.6) is 23.0 Å². The van der Waals surface area contributed by atoms with Crippen LogP contribution in [0.3, 0.4) is 0 Å². The van der Waals surface area contributed by atoms with Gasteiger partial charge in [-0.05, 0) is 42.5 Å². The van der Waals surface area contributed by atoms with Crippen molar-refractivity contribution in [1.82, 2.24) is 0 Å². The van der Waals surface area contributed by atoms with E-state index in [4.69, 9.17) is 14.2 Å². The van der Waals surface area contributed by atoms with Crippen molar-refractivity contribution in [1.29, 1.82) is 0 Å². The molecule has 0 saturated heterocycles. The van der Waals surface area contributed by atoms with Crippen LogP contribution in [0.25, 0.3) is 0 Å². The minimum Gasteiger partial charge on any atom is -0.497 e. The number of nitrogens with one attached hydrogen (secondary N) is 1. The third-order valence-electron chi connectivity index (χ3n) is 4.20. The van der Waals surface area contributed by atoms with Crippen LogP contribution in [0, 0.1) is 0 Å². The summed E-state index contributed by atoms with van der Waals surface area (Å²) in [5, 5.41) is 3.44. The topological polar surface area (TPSA) is 39.7 Å². The molecule has 0 fully saturated rings. The van der Waals surface area contributed by atoms with Crippen LogP contribution in [0.2, 0.25) is 0 Å². The van der Waals surface area contributed by atoms with E-state index in [9.17, 15) is 0 Å². The van der Waals surface area contributed by atoms with E-state index < -0.39 is 0 Å². The molecule has 1 N–H and O–H groups in total. The van der Waals surface area contributed by atoms with E-state index in [0.29, 0.717) is 6.54 Å². The largest absolute Gasteiger partial charge is 0.497 e. The number of fused-ring (bicyclic) bond motifs is 2. The minimum absolute atomic E-state index is 0.628. The molecule has 0 bridgehead atoms. The number of anilines is 1. The fraction of sp³-hybridized carbons (Fsp3) is 0.143. The quantitative estimate of drug-likeness (QED) is 0.500. The van der Waals surface area contributed by atoms with Gasteiger partial charge >= 0.3 is 0 Å². The second-order valence-corrected chi connectivity index (χ2v) is 6.93. The summed E-state index contributed by atoms with van der Waals surface area (Å²) in [4.78, 5) is 2.26. The summed E-state index contributed by atoms with van der Waals surface area (Å²) < 4.78 is 16.8. The van der Waals surface area contributed by atoms with E-state index in [0.717, 1.165) is 44.0 Å². The van der Waals surface area contributed by atoms with Gasteiger partial charge in [-0.1, -0.05) is 23.9 Å². The first-order valence-electron chi connectivity index (χ1n) is 8.30. The van der Waals surface area contributed by atoms with Gasteiger partial charge in [0, 0.05) is 23.9 Å². The van der Waals surface area contributed by atoms with E-state index in [2.05, 4.69) is 23.5 Å². The number of benzene rings is 3. The van der Waals surface area contributed by atoms with Gasteiger partial charge in [-0.2, -0.15) is 0 Å². The molecule has 3 aromatic carbocycles. The lowest BCUT2D eigenvalue weighted by molar-refractivity contribution is 0.399. The lowest BCUT2D eigenvalue weighted by atomic mass is 10.1. The van der Waals surface area contributed by atoms with Gasteiger partial charge < -0.3 is 19.5 Å². The fourth-order valence-corrected chi connectivity index (χ4v) is 3.79. The smallest absolute Gasteiger partial charge is 0.143 e. The number of hydrogen-bond donors (Lipinski definition) is 1. The average molecular weight is 365 g/mol. The van der Waals surface area contributed by atoms with Crippen molar-refractivity contribution in [3.63, 3.8) is 0 Å². The standard InChI is InChI=1S/C21H19NO3S/c1-23-16-8-9-17(24-2)14(11-16)13-22-15-7-10-21-19(12-15)25-18-5-3-4-6-20(18)26-21/h3-12,22H,13H2,1-2H3. The summed E-state index contributed by atoms with van der Waals surface area (Å²) in [7, 11) is 3.34. The fourth-order valence-electron chi connectivity index (χ4n) is 2.86. The number of hydrogen-bond acceptors (Lipinski definition) is 5. The number of para-hydroxylation sites is 1. The maximum absolute atomic E-state index is 6.05. The lowest BCUT2D eigenvalue weighted by Gasteiger charge is -2.20. The minimum atomic E-state index is 0.628. The first-order valence-corrected chi connectivity index (χ1v) is 9.12. The first-order chi connectivity index (χ1) is 12.8. The van der Waals surface area contributed by atoms with Gasteiger partial charge in [-0.25, -0.2) is 0 Å². The highest BCUT2D eigenvalue weighted by molar-refractivity contribution is 7.99. The SMILES string of the molecule is COc1ccc(OC)c(CNc2ccc3c(c2)Oc2ccccc2S3)c1.